The molecule has 62 valence electrons. The quantitative estimate of drug-likeness (QED) is 0.627. The Morgan fingerprint density at radius 2 is 2.17 bits per heavy atom. The van der Waals surface area contributed by atoms with E-state index < -0.39 is 0 Å². The lowest BCUT2D eigenvalue weighted by molar-refractivity contribution is 0.907. The van der Waals surface area contributed by atoms with Crippen molar-refractivity contribution in [1.82, 2.24) is 14.6 Å². The highest BCUT2D eigenvalue weighted by molar-refractivity contribution is 5.66. The monoisotopic (exact) mass is 162 g/mol. The van der Waals surface area contributed by atoms with Gasteiger partial charge < -0.3 is 5.73 Å². The van der Waals surface area contributed by atoms with Crippen LogP contribution >= 0.6 is 0 Å². The lowest BCUT2D eigenvalue weighted by Crippen LogP contribution is -1.92. The molecule has 4 nitrogen and oxygen atoms in total. The zero-order chi connectivity index (χ0) is 8.72. The number of hydrogen-bond acceptors (Lipinski definition) is 3. The molecule has 0 aromatic carbocycles. The molecule has 2 aromatic rings. The first-order valence-corrected chi connectivity index (χ1v) is 3.75. The fourth-order valence-electron chi connectivity index (χ4n) is 1.16. The van der Waals surface area contributed by atoms with Crippen LogP contribution in [0.5, 0.6) is 0 Å². The van der Waals surface area contributed by atoms with Crippen molar-refractivity contribution in [2.75, 3.05) is 5.73 Å². The number of nitrogens with zero attached hydrogens (tertiary/aromatic N) is 3. The number of nitrogens with two attached hydrogens (primary N) is 1. The number of anilines is 1. The molecule has 2 rings (SSSR count). The predicted molar refractivity (Wildman–Crippen MR) is 46.9 cm³/mol. The van der Waals surface area contributed by atoms with E-state index in [0.717, 1.165) is 16.9 Å². The van der Waals surface area contributed by atoms with Gasteiger partial charge in [-0.1, -0.05) is 0 Å². The van der Waals surface area contributed by atoms with Gasteiger partial charge in [0.25, 0.3) is 0 Å². The Morgan fingerprint density at radius 3 is 2.92 bits per heavy atom. The van der Waals surface area contributed by atoms with Crippen LogP contribution in [0, 0.1) is 13.8 Å². The predicted octanol–water partition coefficient (Wildman–Crippen LogP) is 0.928. The zero-order valence-corrected chi connectivity index (χ0v) is 7.07. The van der Waals surface area contributed by atoms with Gasteiger partial charge in [-0.3, -0.25) is 0 Å². The van der Waals surface area contributed by atoms with Gasteiger partial charge in [0.1, 0.15) is 5.69 Å². The van der Waals surface area contributed by atoms with Crippen molar-refractivity contribution in [3.05, 3.63) is 23.7 Å². The maximum atomic E-state index is 5.74. The fourth-order valence-corrected chi connectivity index (χ4v) is 1.16. The molecule has 2 heterocycles. The zero-order valence-electron chi connectivity index (χ0n) is 7.07. The SMILES string of the molecule is Cc1cnc2c(N)c(C)nn2c1. The first-order valence-electron chi connectivity index (χ1n) is 3.75. The summed E-state index contributed by atoms with van der Waals surface area (Å²) in [7, 11) is 0. The fraction of sp³-hybridized carbons (Fsp3) is 0.250. The number of aromatic nitrogens is 3. The molecule has 0 fully saturated rings. The first-order chi connectivity index (χ1) is 5.68. The summed E-state index contributed by atoms with van der Waals surface area (Å²) in [5.41, 5.74) is 9.04. The van der Waals surface area contributed by atoms with E-state index in [4.69, 9.17) is 5.73 Å². The van der Waals surface area contributed by atoms with Crippen LogP contribution in [0.3, 0.4) is 0 Å². The first kappa shape index (κ1) is 7.09. The van der Waals surface area contributed by atoms with Crippen LogP contribution in [0.1, 0.15) is 11.3 Å². The van der Waals surface area contributed by atoms with Gasteiger partial charge in [0, 0.05) is 12.4 Å². The Balaban J connectivity index is 2.87. The van der Waals surface area contributed by atoms with Gasteiger partial charge in [-0.15, -0.1) is 0 Å². The van der Waals surface area contributed by atoms with Crippen molar-refractivity contribution < 1.29 is 0 Å². The van der Waals surface area contributed by atoms with Gasteiger partial charge in [0.15, 0.2) is 5.65 Å². The molecule has 0 aliphatic heterocycles. The van der Waals surface area contributed by atoms with Crippen molar-refractivity contribution in [2.45, 2.75) is 13.8 Å². The molecule has 0 aliphatic carbocycles. The van der Waals surface area contributed by atoms with E-state index in [9.17, 15) is 0 Å². The molecule has 2 N–H and O–H groups in total. The molecule has 0 atom stereocenters. The lowest BCUT2D eigenvalue weighted by Gasteiger charge is -1.93. The Morgan fingerprint density at radius 1 is 1.42 bits per heavy atom. The maximum absolute atomic E-state index is 5.74. The highest BCUT2D eigenvalue weighted by atomic mass is 15.3. The second kappa shape index (κ2) is 2.20. The van der Waals surface area contributed by atoms with Crippen molar-refractivity contribution in [3.63, 3.8) is 0 Å². The Hall–Kier alpha value is -1.58. The molecule has 2 aromatic heterocycles. The molecule has 0 saturated carbocycles. The summed E-state index contributed by atoms with van der Waals surface area (Å²) >= 11 is 0. The van der Waals surface area contributed by atoms with E-state index in [1.54, 1.807) is 10.7 Å². The van der Waals surface area contributed by atoms with Gasteiger partial charge >= 0.3 is 0 Å². The van der Waals surface area contributed by atoms with Gasteiger partial charge in [-0.2, -0.15) is 5.10 Å². The molecular formula is C8H10N4. The average molecular weight is 162 g/mol. The molecule has 0 aliphatic rings. The number of aryl methyl sites for hydroxylation is 2. The van der Waals surface area contributed by atoms with Crippen molar-refractivity contribution >= 4 is 11.3 Å². The number of fused-ring (bicyclic) bond motifs is 1. The van der Waals surface area contributed by atoms with E-state index in [1.165, 1.54) is 0 Å². The van der Waals surface area contributed by atoms with Crippen LogP contribution < -0.4 is 5.73 Å². The third kappa shape index (κ3) is 0.845. The summed E-state index contributed by atoms with van der Waals surface area (Å²) in [6.45, 7) is 3.85. The van der Waals surface area contributed by atoms with E-state index in [2.05, 4.69) is 10.1 Å². The van der Waals surface area contributed by atoms with Gasteiger partial charge in [-0.05, 0) is 19.4 Å². The lowest BCUT2D eigenvalue weighted by atomic mass is 10.4. The molecule has 0 amide bonds. The van der Waals surface area contributed by atoms with Crippen molar-refractivity contribution in [3.8, 4) is 0 Å². The van der Waals surface area contributed by atoms with Crippen LogP contribution in [0.2, 0.25) is 0 Å². The highest BCUT2D eigenvalue weighted by Gasteiger charge is 2.05. The smallest absolute Gasteiger partial charge is 0.178 e. The van der Waals surface area contributed by atoms with Crippen LogP contribution in [0.25, 0.3) is 5.65 Å². The summed E-state index contributed by atoms with van der Waals surface area (Å²) in [6, 6.07) is 0. The average Bonchev–Trinajstić information content (AvgIpc) is 2.28. The van der Waals surface area contributed by atoms with Crippen LogP contribution in [-0.4, -0.2) is 14.6 Å². The van der Waals surface area contributed by atoms with E-state index in [0.29, 0.717) is 5.69 Å². The second-order valence-corrected chi connectivity index (χ2v) is 2.90. The Kier molecular flexibility index (Phi) is 1.30. The molecule has 0 bridgehead atoms. The van der Waals surface area contributed by atoms with Crippen LogP contribution in [-0.2, 0) is 0 Å². The van der Waals surface area contributed by atoms with Gasteiger partial charge in [-0.25, -0.2) is 9.50 Å². The molecule has 4 heteroatoms. The topological polar surface area (TPSA) is 56.2 Å². The molecular weight excluding hydrogens is 152 g/mol. The standard InChI is InChI=1S/C8H10N4/c1-5-3-10-8-7(9)6(2)11-12(8)4-5/h3-4H,9H2,1-2H3. The summed E-state index contributed by atoms with van der Waals surface area (Å²) in [5, 5.41) is 4.20. The molecule has 0 saturated heterocycles. The second-order valence-electron chi connectivity index (χ2n) is 2.90. The minimum absolute atomic E-state index is 0.662. The minimum Gasteiger partial charge on any atom is -0.394 e. The van der Waals surface area contributed by atoms with Crippen molar-refractivity contribution in [1.29, 1.82) is 0 Å². The maximum Gasteiger partial charge on any atom is 0.178 e. The summed E-state index contributed by atoms with van der Waals surface area (Å²) in [5.74, 6) is 0. The Labute approximate surface area is 70.0 Å². The molecule has 0 spiro atoms. The Bertz CT molecular complexity index is 430. The van der Waals surface area contributed by atoms with E-state index in [-0.39, 0.29) is 0 Å². The van der Waals surface area contributed by atoms with Crippen LogP contribution in [0.15, 0.2) is 12.4 Å². The number of nitrogen functional groups attached to an aromatic ring is 1. The molecule has 0 radical (unpaired) electrons. The largest absolute Gasteiger partial charge is 0.394 e. The van der Waals surface area contributed by atoms with Gasteiger partial charge in [0.05, 0.1) is 5.69 Å². The summed E-state index contributed by atoms with van der Waals surface area (Å²) < 4.78 is 1.71. The van der Waals surface area contributed by atoms with Gasteiger partial charge in [0.2, 0.25) is 0 Å². The molecule has 12 heavy (non-hydrogen) atoms. The number of hydrogen-bond donors (Lipinski definition) is 1. The highest BCUT2D eigenvalue weighted by Crippen LogP contribution is 2.14. The summed E-state index contributed by atoms with van der Waals surface area (Å²) in [4.78, 5) is 4.18. The summed E-state index contributed by atoms with van der Waals surface area (Å²) in [6.07, 6.45) is 3.69. The minimum atomic E-state index is 0.662. The normalized spacial score (nSPS) is 10.8. The third-order valence-electron chi connectivity index (χ3n) is 1.82. The van der Waals surface area contributed by atoms with Crippen LogP contribution in [0.4, 0.5) is 5.69 Å². The van der Waals surface area contributed by atoms with Crippen molar-refractivity contribution in [2.24, 2.45) is 0 Å². The number of rotatable bonds is 0. The van der Waals surface area contributed by atoms with E-state index >= 15 is 0 Å². The molecule has 0 unspecified atom stereocenters. The third-order valence-corrected chi connectivity index (χ3v) is 1.82. The van der Waals surface area contributed by atoms with E-state index in [1.807, 2.05) is 20.0 Å².